The van der Waals surface area contributed by atoms with Gasteiger partial charge in [-0.3, -0.25) is 4.79 Å². The Morgan fingerprint density at radius 1 is 0.952 bits per heavy atom. The maximum absolute atomic E-state index is 11.2. The summed E-state index contributed by atoms with van der Waals surface area (Å²) in [4.78, 5) is 11.2. The fourth-order valence-corrected chi connectivity index (χ4v) is 3.69. The van der Waals surface area contributed by atoms with Crippen LogP contribution >= 0.6 is 11.8 Å². The fourth-order valence-electron chi connectivity index (χ4n) is 3.03. The lowest BCUT2D eigenvalue weighted by Crippen LogP contribution is -2.55. The fraction of sp³-hybridized carbons (Fsp3) is 0.929. The van der Waals surface area contributed by atoms with Crippen molar-refractivity contribution in [1.82, 2.24) is 0 Å². The van der Waals surface area contributed by atoms with Gasteiger partial charge in [-0.15, -0.1) is 0 Å². The summed E-state index contributed by atoms with van der Waals surface area (Å²) >= 11 is 1.23. The zero-order valence-corrected chi connectivity index (χ0v) is 13.8. The van der Waals surface area contributed by atoms with Crippen LogP contribution in [-0.4, -0.2) is 53.1 Å². The molecule has 3 aliphatic rings. The third-order valence-corrected chi connectivity index (χ3v) is 4.60. The quantitative estimate of drug-likeness (QED) is 0.767. The molecule has 0 amide bonds. The Morgan fingerprint density at radius 2 is 1.52 bits per heavy atom. The highest BCUT2D eigenvalue weighted by molar-refractivity contribution is 8.13. The minimum Gasteiger partial charge on any atom is -0.343 e. The standard InChI is InChI=1S/C14H22O6S/c1-7(15)21-6-8-9-10(18-13(2,3)17-9)11-12(16-8)20-14(4,5)19-11/h8-12H,6H2,1-5H3/t8-,9+,10+,11-,12+/m1/s1. The molecule has 3 saturated heterocycles. The van der Waals surface area contributed by atoms with Crippen molar-refractivity contribution in [3.8, 4) is 0 Å². The Bertz CT molecular complexity index is 437. The Balaban J connectivity index is 1.80. The molecular formula is C14H22O6S. The Kier molecular flexibility index (Phi) is 3.87. The predicted octanol–water partition coefficient (Wildman–Crippen LogP) is 1.66. The number of hydrogen-bond acceptors (Lipinski definition) is 7. The van der Waals surface area contributed by atoms with Crippen molar-refractivity contribution in [2.45, 2.75) is 76.9 Å². The molecule has 0 spiro atoms. The molecule has 120 valence electrons. The van der Waals surface area contributed by atoms with Crippen molar-refractivity contribution in [2.75, 3.05) is 5.75 Å². The summed E-state index contributed by atoms with van der Waals surface area (Å²) in [7, 11) is 0. The molecule has 0 bridgehead atoms. The predicted molar refractivity (Wildman–Crippen MR) is 75.7 cm³/mol. The number of fused-ring (bicyclic) bond motifs is 3. The second-order valence-corrected chi connectivity index (χ2v) is 7.71. The second kappa shape index (κ2) is 5.18. The van der Waals surface area contributed by atoms with E-state index in [9.17, 15) is 4.79 Å². The van der Waals surface area contributed by atoms with Gasteiger partial charge in [0.2, 0.25) is 0 Å². The number of ether oxygens (including phenoxy) is 5. The summed E-state index contributed by atoms with van der Waals surface area (Å²) in [5.41, 5.74) is 0. The molecule has 6 nitrogen and oxygen atoms in total. The maximum atomic E-state index is 11.2. The summed E-state index contributed by atoms with van der Waals surface area (Å²) < 4.78 is 29.6. The Labute approximate surface area is 128 Å². The number of carbonyl (C=O) groups excluding carboxylic acids is 1. The molecular weight excluding hydrogens is 296 g/mol. The highest BCUT2D eigenvalue weighted by atomic mass is 32.2. The smallest absolute Gasteiger partial charge is 0.190 e. The van der Waals surface area contributed by atoms with Crippen LogP contribution in [0.3, 0.4) is 0 Å². The van der Waals surface area contributed by atoms with Crippen LogP contribution in [0.15, 0.2) is 0 Å². The minimum absolute atomic E-state index is 0.0550. The molecule has 0 aliphatic carbocycles. The lowest BCUT2D eigenvalue weighted by Gasteiger charge is -2.37. The topological polar surface area (TPSA) is 63.2 Å². The van der Waals surface area contributed by atoms with Gasteiger partial charge < -0.3 is 23.7 Å². The molecule has 21 heavy (non-hydrogen) atoms. The number of thioether (sulfide) groups is 1. The van der Waals surface area contributed by atoms with Crippen LogP contribution in [0.2, 0.25) is 0 Å². The second-order valence-electron chi connectivity index (χ2n) is 6.51. The highest BCUT2D eigenvalue weighted by Crippen LogP contribution is 2.44. The zero-order valence-electron chi connectivity index (χ0n) is 13.0. The van der Waals surface area contributed by atoms with Crippen LogP contribution < -0.4 is 0 Å². The van der Waals surface area contributed by atoms with E-state index >= 15 is 0 Å². The Hall–Kier alpha value is -0.180. The lowest BCUT2D eigenvalue weighted by molar-refractivity contribution is -0.228. The van der Waals surface area contributed by atoms with Gasteiger partial charge in [-0.1, -0.05) is 11.8 Å². The molecule has 0 aromatic carbocycles. The van der Waals surface area contributed by atoms with E-state index in [1.54, 1.807) is 6.92 Å². The van der Waals surface area contributed by atoms with Crippen LogP contribution in [-0.2, 0) is 28.5 Å². The van der Waals surface area contributed by atoms with Gasteiger partial charge in [0.1, 0.15) is 18.3 Å². The van der Waals surface area contributed by atoms with Crippen LogP contribution in [0.4, 0.5) is 0 Å². The van der Waals surface area contributed by atoms with E-state index in [1.165, 1.54) is 11.8 Å². The third-order valence-electron chi connectivity index (χ3n) is 3.70. The molecule has 3 heterocycles. The molecule has 5 atom stereocenters. The number of hydrogen-bond donors (Lipinski definition) is 0. The first-order chi connectivity index (χ1) is 9.67. The van der Waals surface area contributed by atoms with Gasteiger partial charge >= 0.3 is 0 Å². The SMILES string of the molecule is CC(=O)SC[C@H]1O[C@H]2OC(C)(C)O[C@@H]2[C@H]2OC(C)(C)O[C@H]21. The molecule has 7 heteroatoms. The lowest BCUT2D eigenvalue weighted by atomic mass is 10.00. The molecule has 3 rings (SSSR count). The zero-order chi connectivity index (χ0) is 15.4. The van der Waals surface area contributed by atoms with Crippen molar-refractivity contribution >= 4 is 16.9 Å². The Morgan fingerprint density at radius 3 is 2.19 bits per heavy atom. The van der Waals surface area contributed by atoms with Gasteiger partial charge in [-0.25, -0.2) is 0 Å². The van der Waals surface area contributed by atoms with E-state index in [1.807, 2.05) is 27.7 Å². The number of rotatable bonds is 2. The third kappa shape index (κ3) is 3.13. The largest absolute Gasteiger partial charge is 0.343 e. The molecule has 3 fully saturated rings. The summed E-state index contributed by atoms with van der Waals surface area (Å²) in [5.74, 6) is -0.885. The first-order valence-electron chi connectivity index (χ1n) is 7.17. The van der Waals surface area contributed by atoms with E-state index in [4.69, 9.17) is 23.7 Å². The van der Waals surface area contributed by atoms with Crippen molar-refractivity contribution in [3.63, 3.8) is 0 Å². The van der Waals surface area contributed by atoms with E-state index in [2.05, 4.69) is 0 Å². The minimum atomic E-state index is -0.710. The van der Waals surface area contributed by atoms with Crippen molar-refractivity contribution in [2.24, 2.45) is 0 Å². The summed E-state index contributed by atoms with van der Waals surface area (Å²) in [6.07, 6.45) is -1.57. The van der Waals surface area contributed by atoms with Crippen LogP contribution in [0.1, 0.15) is 34.6 Å². The van der Waals surface area contributed by atoms with E-state index in [-0.39, 0.29) is 29.5 Å². The molecule has 0 aromatic heterocycles. The van der Waals surface area contributed by atoms with Gasteiger partial charge in [0.15, 0.2) is 23.0 Å². The summed E-state index contributed by atoms with van der Waals surface area (Å²) in [5, 5.41) is 0.0550. The van der Waals surface area contributed by atoms with Crippen molar-refractivity contribution in [1.29, 1.82) is 0 Å². The highest BCUT2D eigenvalue weighted by Gasteiger charge is 2.60. The van der Waals surface area contributed by atoms with Gasteiger partial charge in [0.05, 0.1) is 6.10 Å². The molecule has 3 aliphatic heterocycles. The summed E-state index contributed by atoms with van der Waals surface area (Å²) in [6.45, 7) is 8.99. The molecule has 0 N–H and O–H groups in total. The normalized spacial score (nSPS) is 43.4. The van der Waals surface area contributed by atoms with Crippen LogP contribution in [0, 0.1) is 0 Å². The van der Waals surface area contributed by atoms with E-state index < -0.39 is 17.9 Å². The van der Waals surface area contributed by atoms with Gasteiger partial charge in [-0.05, 0) is 27.7 Å². The van der Waals surface area contributed by atoms with Gasteiger partial charge in [0.25, 0.3) is 0 Å². The molecule has 0 aromatic rings. The van der Waals surface area contributed by atoms with Crippen LogP contribution in [0.5, 0.6) is 0 Å². The average molecular weight is 318 g/mol. The average Bonchev–Trinajstić information content (AvgIpc) is 2.80. The molecule has 0 saturated carbocycles. The van der Waals surface area contributed by atoms with Gasteiger partial charge in [-0.2, -0.15) is 0 Å². The van der Waals surface area contributed by atoms with Crippen molar-refractivity contribution < 1.29 is 28.5 Å². The first kappa shape index (κ1) is 15.7. The number of carbonyl (C=O) groups is 1. The van der Waals surface area contributed by atoms with Gasteiger partial charge in [0, 0.05) is 12.7 Å². The molecule has 0 unspecified atom stereocenters. The van der Waals surface area contributed by atoms with E-state index in [0.717, 1.165) is 0 Å². The monoisotopic (exact) mass is 318 g/mol. The van der Waals surface area contributed by atoms with Crippen LogP contribution in [0.25, 0.3) is 0 Å². The van der Waals surface area contributed by atoms with E-state index in [0.29, 0.717) is 5.75 Å². The molecule has 0 radical (unpaired) electrons. The first-order valence-corrected chi connectivity index (χ1v) is 8.15. The summed E-state index contributed by atoms with van der Waals surface area (Å²) in [6, 6.07) is 0. The maximum Gasteiger partial charge on any atom is 0.190 e. The van der Waals surface area contributed by atoms with Crippen molar-refractivity contribution in [3.05, 3.63) is 0 Å².